The number of hydrogen-bond donors (Lipinski definition) is 3. The lowest BCUT2D eigenvalue weighted by Gasteiger charge is -2.48. The Morgan fingerprint density at radius 3 is 2.09 bits per heavy atom. The molecule has 3 N–H and O–H groups in total. The number of rotatable bonds is 9. The lowest BCUT2D eigenvalue weighted by molar-refractivity contribution is -0.149. The Morgan fingerprint density at radius 2 is 1.53 bits per heavy atom. The second-order valence-corrected chi connectivity index (χ2v) is 15.3. The number of benzene rings is 3. The zero-order valence-corrected chi connectivity index (χ0v) is 32.7. The molecule has 3 aromatic carbocycles. The molecule has 58 heavy (non-hydrogen) atoms. The van der Waals surface area contributed by atoms with Gasteiger partial charge >= 0.3 is 17.9 Å². The molecule has 3 heterocycles. The molecule has 12 nitrogen and oxygen atoms in total. The molecule has 0 spiro atoms. The zero-order valence-electron chi connectivity index (χ0n) is 32.7. The molecule has 13 heteroatoms. The third-order valence-electron chi connectivity index (χ3n) is 12.2. The van der Waals surface area contributed by atoms with Crippen molar-refractivity contribution in [1.29, 1.82) is 5.26 Å². The molecule has 1 aliphatic heterocycles. The van der Waals surface area contributed by atoms with E-state index in [-0.39, 0.29) is 40.3 Å². The number of pyridine rings is 1. The lowest BCUT2D eigenvalue weighted by atomic mass is 9.65. The van der Waals surface area contributed by atoms with Crippen LogP contribution in [0.15, 0.2) is 86.8 Å². The summed E-state index contributed by atoms with van der Waals surface area (Å²) in [5, 5.41) is 39.1. The van der Waals surface area contributed by atoms with Crippen molar-refractivity contribution in [2.45, 2.75) is 89.1 Å². The molecule has 2 atom stereocenters. The van der Waals surface area contributed by atoms with Crippen molar-refractivity contribution >= 4 is 39.8 Å². The van der Waals surface area contributed by atoms with Crippen LogP contribution in [-0.4, -0.2) is 61.8 Å². The molecular formula is C45H46FN3O9. The van der Waals surface area contributed by atoms with Gasteiger partial charge in [0.05, 0.1) is 27.8 Å². The quantitative estimate of drug-likeness (QED) is 0.126. The molecule has 2 aliphatic rings. The van der Waals surface area contributed by atoms with E-state index in [0.29, 0.717) is 36.4 Å². The summed E-state index contributed by atoms with van der Waals surface area (Å²) >= 11 is 0. The van der Waals surface area contributed by atoms with Gasteiger partial charge in [-0.2, -0.15) is 5.26 Å². The number of aromatic carboxylic acids is 2. The number of carboxylic acid groups (broad SMARTS) is 3. The standard InChI is InChI=1S/C26H29FN2O2.C19H17NO7/c1-19-17-29(16-15-26(19,24(30)31)21-5-3-2-4-6-21)23-11-13-25(18-28,14-12-23)20-7-9-22(27)10-8-20;1-3-5-9-16-10(13(21)7-12(18(23)24)20(16)4-2)6-11-14(22)8-15(19(25)26)27-17(9)11/h2-10,19,23H,11-17H2,1H3,(H,30,31);6-8H,3-5H2,1-2H3,(H,23,24)(H,25,26)/t19-,23-,25-,26-;/m1./s1. The Labute approximate surface area is 333 Å². The van der Waals surface area contributed by atoms with Crippen molar-refractivity contribution in [3.63, 3.8) is 0 Å². The van der Waals surface area contributed by atoms with E-state index in [9.17, 15) is 48.9 Å². The van der Waals surface area contributed by atoms with Crippen molar-refractivity contribution in [1.82, 2.24) is 9.47 Å². The minimum absolute atomic E-state index is 0.0131. The number of carboxylic acids is 3. The SMILES string of the molecule is CCCc1c2oc(C(=O)O)cc(=O)c2cc2c(=O)cc(C(=O)O)n(CC)c12.C[C@@H]1CN([C@H]2CC[C@](C#N)(c3ccc(F)cc3)CC2)CC[C@]1(C(=O)O)c1ccccc1. The average Bonchev–Trinajstić information content (AvgIpc) is 3.21. The van der Waals surface area contributed by atoms with Crippen LogP contribution in [0.4, 0.5) is 4.39 Å². The van der Waals surface area contributed by atoms with Crippen LogP contribution in [0.2, 0.25) is 0 Å². The van der Waals surface area contributed by atoms with Gasteiger partial charge in [-0.25, -0.2) is 14.0 Å². The molecule has 1 saturated heterocycles. The minimum atomic E-state index is -1.39. The normalized spacial score (nSPS) is 22.1. The molecule has 0 radical (unpaired) electrons. The maximum absolute atomic E-state index is 13.3. The van der Waals surface area contributed by atoms with E-state index >= 15 is 0 Å². The summed E-state index contributed by atoms with van der Waals surface area (Å²) in [4.78, 5) is 62.7. The predicted octanol–water partition coefficient (Wildman–Crippen LogP) is 7.37. The number of likely N-dealkylation sites (tertiary alicyclic amines) is 1. The summed E-state index contributed by atoms with van der Waals surface area (Å²) < 4.78 is 20.3. The van der Waals surface area contributed by atoms with Crippen LogP contribution in [0, 0.1) is 23.1 Å². The minimum Gasteiger partial charge on any atom is -0.481 e. The van der Waals surface area contributed by atoms with Gasteiger partial charge < -0.3 is 29.2 Å². The van der Waals surface area contributed by atoms with Crippen molar-refractivity contribution in [2.75, 3.05) is 13.1 Å². The summed E-state index contributed by atoms with van der Waals surface area (Å²) in [5.41, 5.74) is -0.0200. The van der Waals surface area contributed by atoms with Gasteiger partial charge in [0.2, 0.25) is 5.76 Å². The van der Waals surface area contributed by atoms with Gasteiger partial charge in [-0.1, -0.05) is 62.7 Å². The number of halogens is 1. The fraction of sp³-hybridized carbons (Fsp3) is 0.378. The van der Waals surface area contributed by atoms with E-state index < -0.39 is 45.4 Å². The number of aromatic nitrogens is 1. The highest BCUT2D eigenvalue weighted by Crippen LogP contribution is 2.45. The largest absolute Gasteiger partial charge is 0.481 e. The molecule has 2 aromatic heterocycles. The number of aryl methyl sites for hydroxylation is 2. The third kappa shape index (κ3) is 7.52. The number of carbonyl (C=O) groups is 3. The number of fused-ring (bicyclic) bond motifs is 2. The molecular weight excluding hydrogens is 746 g/mol. The number of aliphatic carboxylic acids is 1. The smallest absolute Gasteiger partial charge is 0.371 e. The molecule has 7 rings (SSSR count). The number of hydrogen-bond acceptors (Lipinski definition) is 8. The highest BCUT2D eigenvalue weighted by Gasteiger charge is 2.50. The van der Waals surface area contributed by atoms with E-state index in [4.69, 9.17) is 4.42 Å². The van der Waals surface area contributed by atoms with Gasteiger partial charge in [0, 0.05) is 42.2 Å². The zero-order chi connectivity index (χ0) is 41.9. The fourth-order valence-electron chi connectivity index (χ4n) is 9.13. The van der Waals surface area contributed by atoms with Gasteiger partial charge in [-0.15, -0.1) is 0 Å². The van der Waals surface area contributed by atoms with Crippen molar-refractivity contribution in [3.05, 3.63) is 127 Å². The van der Waals surface area contributed by atoms with E-state index in [0.717, 1.165) is 62.0 Å². The van der Waals surface area contributed by atoms with Crippen LogP contribution < -0.4 is 10.9 Å². The number of nitrogens with zero attached hydrogens (tertiary/aromatic N) is 3. The van der Waals surface area contributed by atoms with Crippen molar-refractivity contribution < 1.29 is 38.5 Å². The second-order valence-electron chi connectivity index (χ2n) is 15.3. The van der Waals surface area contributed by atoms with Crippen LogP contribution in [0.25, 0.3) is 21.9 Å². The molecule has 1 saturated carbocycles. The van der Waals surface area contributed by atoms with Gasteiger partial charge in [-0.05, 0) is 87.2 Å². The number of nitriles is 1. The summed E-state index contributed by atoms with van der Waals surface area (Å²) in [7, 11) is 0. The molecule has 1 aliphatic carbocycles. The second kappa shape index (κ2) is 16.8. The van der Waals surface area contributed by atoms with Crippen LogP contribution in [0.3, 0.4) is 0 Å². The Balaban J connectivity index is 0.000000198. The molecule has 0 bridgehead atoms. The van der Waals surface area contributed by atoms with E-state index in [2.05, 4.69) is 11.0 Å². The summed E-state index contributed by atoms with van der Waals surface area (Å²) in [6.45, 7) is 7.41. The molecule has 0 unspecified atom stereocenters. The first-order chi connectivity index (χ1) is 27.7. The summed E-state index contributed by atoms with van der Waals surface area (Å²) in [6.07, 6.45) is 4.85. The highest BCUT2D eigenvalue weighted by molar-refractivity contribution is 6.01. The first-order valence-corrected chi connectivity index (χ1v) is 19.5. The van der Waals surface area contributed by atoms with Gasteiger partial charge in [-0.3, -0.25) is 14.4 Å². The van der Waals surface area contributed by atoms with E-state index in [1.54, 1.807) is 19.1 Å². The molecule has 302 valence electrons. The lowest BCUT2D eigenvalue weighted by Crippen LogP contribution is -2.56. The fourth-order valence-corrected chi connectivity index (χ4v) is 9.13. The van der Waals surface area contributed by atoms with Crippen LogP contribution in [-0.2, 0) is 28.6 Å². The summed E-state index contributed by atoms with van der Waals surface area (Å²) in [6, 6.07) is 22.1. The van der Waals surface area contributed by atoms with E-state index in [1.807, 2.05) is 44.2 Å². The van der Waals surface area contributed by atoms with Gasteiger partial charge in [0.1, 0.15) is 17.1 Å². The molecule has 0 amide bonds. The third-order valence-corrected chi connectivity index (χ3v) is 12.2. The monoisotopic (exact) mass is 791 g/mol. The average molecular weight is 792 g/mol. The van der Waals surface area contributed by atoms with Crippen molar-refractivity contribution in [2.24, 2.45) is 5.92 Å². The highest BCUT2D eigenvalue weighted by atomic mass is 19.1. The first-order valence-electron chi connectivity index (χ1n) is 19.5. The Bertz CT molecular complexity index is 2530. The maximum atomic E-state index is 13.3. The first kappa shape index (κ1) is 41.5. The van der Waals surface area contributed by atoms with Crippen LogP contribution >= 0.6 is 0 Å². The maximum Gasteiger partial charge on any atom is 0.371 e. The molecule has 5 aromatic rings. The van der Waals surface area contributed by atoms with Crippen LogP contribution in [0.5, 0.6) is 0 Å². The Kier molecular flexibility index (Phi) is 12.0. The summed E-state index contributed by atoms with van der Waals surface area (Å²) in [5.74, 6) is -4.19. The van der Waals surface area contributed by atoms with Gasteiger partial charge in [0.25, 0.3) is 0 Å². The molecule has 2 fully saturated rings. The predicted molar refractivity (Wildman–Crippen MR) is 215 cm³/mol. The Morgan fingerprint density at radius 1 is 0.879 bits per heavy atom. The van der Waals surface area contributed by atoms with Gasteiger partial charge in [0.15, 0.2) is 10.9 Å². The Hall–Kier alpha value is -6.13. The van der Waals surface area contributed by atoms with E-state index in [1.165, 1.54) is 22.8 Å². The topological polar surface area (TPSA) is 191 Å². The van der Waals surface area contributed by atoms with Crippen molar-refractivity contribution in [3.8, 4) is 6.07 Å². The van der Waals surface area contributed by atoms with Crippen LogP contribution in [0.1, 0.15) is 97.0 Å². The number of piperidine rings is 1.